The fraction of sp³-hybridized carbons (Fsp3) is 0.333. The Labute approximate surface area is 176 Å². The van der Waals surface area contributed by atoms with Gasteiger partial charge in [-0.2, -0.15) is 0 Å². The lowest BCUT2D eigenvalue weighted by molar-refractivity contribution is -0.118. The molecule has 1 heterocycles. The summed E-state index contributed by atoms with van der Waals surface area (Å²) in [5.41, 5.74) is 7.16. The van der Waals surface area contributed by atoms with Crippen molar-refractivity contribution >= 4 is 29.9 Å². The molecule has 1 saturated heterocycles. The highest BCUT2D eigenvalue weighted by atomic mass is 35.5. The number of rotatable bonds is 6. The van der Waals surface area contributed by atoms with Gasteiger partial charge < -0.3 is 25.4 Å². The zero-order valence-corrected chi connectivity index (χ0v) is 17.1. The third-order valence-corrected chi connectivity index (χ3v) is 4.57. The van der Waals surface area contributed by atoms with Crippen LogP contribution in [0, 0.1) is 0 Å². The summed E-state index contributed by atoms with van der Waals surface area (Å²) in [6.45, 7) is 1.18. The molecule has 0 radical (unpaired) electrons. The molecule has 0 aliphatic carbocycles. The number of benzene rings is 2. The van der Waals surface area contributed by atoms with Crippen LogP contribution in [0.15, 0.2) is 48.5 Å². The van der Waals surface area contributed by atoms with E-state index in [9.17, 15) is 9.59 Å². The number of methoxy groups -OCH3 is 1. The van der Waals surface area contributed by atoms with Crippen LogP contribution in [0.1, 0.15) is 23.2 Å². The molecule has 3 rings (SSSR count). The van der Waals surface area contributed by atoms with E-state index in [4.69, 9.17) is 15.2 Å². The molecule has 0 spiro atoms. The Balaban J connectivity index is 0.00000300. The van der Waals surface area contributed by atoms with Crippen molar-refractivity contribution in [3.63, 3.8) is 0 Å². The predicted molar refractivity (Wildman–Crippen MR) is 114 cm³/mol. The molecule has 8 heteroatoms. The molecule has 2 aromatic rings. The molecule has 2 amide bonds. The summed E-state index contributed by atoms with van der Waals surface area (Å²) < 4.78 is 10.6. The molecule has 156 valence electrons. The van der Waals surface area contributed by atoms with E-state index in [1.165, 1.54) is 0 Å². The molecule has 1 fully saturated rings. The minimum atomic E-state index is -0.282. The summed E-state index contributed by atoms with van der Waals surface area (Å²) in [5.74, 6) is 0.870. The number of hydrogen-bond donors (Lipinski definition) is 2. The third-order valence-electron chi connectivity index (χ3n) is 4.57. The van der Waals surface area contributed by atoms with E-state index >= 15 is 0 Å². The number of piperidine rings is 1. The number of amides is 2. The first-order valence-electron chi connectivity index (χ1n) is 9.27. The van der Waals surface area contributed by atoms with Crippen LogP contribution in [0.5, 0.6) is 11.5 Å². The zero-order chi connectivity index (χ0) is 19.9. The van der Waals surface area contributed by atoms with Gasteiger partial charge in [0.25, 0.3) is 11.8 Å². The van der Waals surface area contributed by atoms with Gasteiger partial charge in [-0.1, -0.05) is 6.07 Å². The minimum absolute atomic E-state index is 0. The SMILES string of the molecule is COc1cccc(NC(=O)COc2ccc(C(=O)N3CCCC(N)C3)cc2)c1.Cl. The standard InChI is InChI=1S/C21H25N3O4.ClH/c1-27-19-6-2-5-17(12-19)23-20(25)14-28-18-9-7-15(8-10-18)21(26)24-11-3-4-16(22)13-24;/h2,5-10,12,16H,3-4,11,13-14,22H2,1H3,(H,23,25);1H. The van der Waals surface area contributed by atoms with Gasteiger partial charge in [-0.3, -0.25) is 9.59 Å². The lowest BCUT2D eigenvalue weighted by Crippen LogP contribution is -2.45. The number of likely N-dealkylation sites (tertiary alicyclic amines) is 1. The molecule has 1 unspecified atom stereocenters. The van der Waals surface area contributed by atoms with E-state index in [-0.39, 0.29) is 36.9 Å². The van der Waals surface area contributed by atoms with Crippen molar-refractivity contribution in [2.24, 2.45) is 5.73 Å². The highest BCUT2D eigenvalue weighted by molar-refractivity contribution is 5.94. The van der Waals surface area contributed by atoms with Crippen molar-refractivity contribution in [1.29, 1.82) is 0 Å². The van der Waals surface area contributed by atoms with Gasteiger partial charge in [0.05, 0.1) is 7.11 Å². The molecule has 0 bridgehead atoms. The molecule has 0 saturated carbocycles. The Kier molecular flexibility index (Phi) is 8.30. The van der Waals surface area contributed by atoms with Gasteiger partial charge in [-0.25, -0.2) is 0 Å². The summed E-state index contributed by atoms with van der Waals surface area (Å²) in [7, 11) is 1.57. The van der Waals surface area contributed by atoms with Crippen LogP contribution >= 0.6 is 12.4 Å². The first kappa shape index (κ1) is 22.5. The molecular weight excluding hydrogens is 394 g/mol. The zero-order valence-electron chi connectivity index (χ0n) is 16.3. The van der Waals surface area contributed by atoms with Crippen LogP contribution in [0.2, 0.25) is 0 Å². The van der Waals surface area contributed by atoms with Crippen LogP contribution < -0.4 is 20.5 Å². The average Bonchev–Trinajstić information content (AvgIpc) is 2.72. The summed E-state index contributed by atoms with van der Waals surface area (Å²) in [5, 5.41) is 2.75. The summed E-state index contributed by atoms with van der Waals surface area (Å²) in [6.07, 6.45) is 1.88. The third kappa shape index (κ3) is 6.37. The number of nitrogens with two attached hydrogens (primary N) is 1. The number of nitrogens with one attached hydrogen (secondary N) is 1. The lowest BCUT2D eigenvalue weighted by atomic mass is 10.1. The predicted octanol–water partition coefficient (Wildman–Crippen LogP) is 2.70. The first-order chi connectivity index (χ1) is 13.5. The number of nitrogens with zero attached hydrogens (tertiary/aromatic N) is 1. The Bertz CT molecular complexity index is 829. The van der Waals surface area contributed by atoms with E-state index in [0.29, 0.717) is 29.3 Å². The van der Waals surface area contributed by atoms with E-state index in [2.05, 4.69) is 5.32 Å². The van der Waals surface area contributed by atoms with Crippen LogP contribution in [0.25, 0.3) is 0 Å². The lowest BCUT2D eigenvalue weighted by Gasteiger charge is -2.30. The normalized spacial score (nSPS) is 15.8. The molecule has 3 N–H and O–H groups in total. The second kappa shape index (κ2) is 10.7. The number of anilines is 1. The van der Waals surface area contributed by atoms with Crippen molar-refractivity contribution < 1.29 is 19.1 Å². The molecular formula is C21H26ClN3O4. The van der Waals surface area contributed by atoms with Gasteiger partial charge in [-0.05, 0) is 49.2 Å². The maximum atomic E-state index is 12.5. The molecule has 7 nitrogen and oxygen atoms in total. The quantitative estimate of drug-likeness (QED) is 0.750. The Hall–Kier alpha value is -2.77. The molecule has 1 aliphatic rings. The maximum Gasteiger partial charge on any atom is 0.262 e. The number of hydrogen-bond acceptors (Lipinski definition) is 5. The topological polar surface area (TPSA) is 93.9 Å². The number of carbonyl (C=O) groups is 2. The second-order valence-corrected chi connectivity index (χ2v) is 6.75. The van der Waals surface area contributed by atoms with Gasteiger partial charge in [0.1, 0.15) is 11.5 Å². The van der Waals surface area contributed by atoms with Gasteiger partial charge in [0.2, 0.25) is 0 Å². The average molecular weight is 420 g/mol. The van der Waals surface area contributed by atoms with Crippen molar-refractivity contribution in [3.8, 4) is 11.5 Å². The maximum absolute atomic E-state index is 12.5. The molecule has 29 heavy (non-hydrogen) atoms. The number of halogens is 1. The van der Waals surface area contributed by atoms with E-state index in [1.807, 2.05) is 0 Å². The van der Waals surface area contributed by atoms with Crippen LogP contribution in [0.3, 0.4) is 0 Å². The van der Waals surface area contributed by atoms with E-state index in [1.54, 1.807) is 60.5 Å². The fourth-order valence-corrected chi connectivity index (χ4v) is 3.12. The van der Waals surface area contributed by atoms with Gasteiger partial charge >= 0.3 is 0 Å². The fourth-order valence-electron chi connectivity index (χ4n) is 3.12. The Morgan fingerprint density at radius 1 is 1.17 bits per heavy atom. The molecule has 1 atom stereocenters. The van der Waals surface area contributed by atoms with Crippen molar-refractivity contribution in [1.82, 2.24) is 4.90 Å². The highest BCUT2D eigenvalue weighted by Gasteiger charge is 2.22. The minimum Gasteiger partial charge on any atom is -0.497 e. The smallest absolute Gasteiger partial charge is 0.262 e. The Morgan fingerprint density at radius 2 is 1.93 bits per heavy atom. The summed E-state index contributed by atoms with van der Waals surface area (Å²) in [4.78, 5) is 26.4. The Morgan fingerprint density at radius 3 is 2.62 bits per heavy atom. The highest BCUT2D eigenvalue weighted by Crippen LogP contribution is 2.18. The van der Waals surface area contributed by atoms with E-state index < -0.39 is 0 Å². The first-order valence-corrected chi connectivity index (χ1v) is 9.27. The van der Waals surface area contributed by atoms with Crippen molar-refractivity contribution in [3.05, 3.63) is 54.1 Å². The number of carbonyl (C=O) groups excluding carboxylic acids is 2. The van der Waals surface area contributed by atoms with Crippen molar-refractivity contribution in [2.45, 2.75) is 18.9 Å². The largest absolute Gasteiger partial charge is 0.497 e. The van der Waals surface area contributed by atoms with Gasteiger partial charge in [-0.15, -0.1) is 12.4 Å². The van der Waals surface area contributed by atoms with Crippen LogP contribution in [0.4, 0.5) is 5.69 Å². The molecule has 2 aromatic carbocycles. The van der Waals surface area contributed by atoms with Gasteiger partial charge in [0.15, 0.2) is 6.61 Å². The van der Waals surface area contributed by atoms with Crippen molar-refractivity contribution in [2.75, 3.05) is 32.1 Å². The number of ether oxygens (including phenoxy) is 2. The summed E-state index contributed by atoms with van der Waals surface area (Å²) >= 11 is 0. The summed E-state index contributed by atoms with van der Waals surface area (Å²) in [6, 6.07) is 13.9. The van der Waals surface area contributed by atoms with E-state index in [0.717, 1.165) is 19.4 Å². The van der Waals surface area contributed by atoms with Gasteiger partial charge in [0, 0.05) is 36.4 Å². The van der Waals surface area contributed by atoms with Crippen LogP contribution in [-0.4, -0.2) is 49.6 Å². The molecule has 0 aromatic heterocycles. The van der Waals surface area contributed by atoms with Crippen LogP contribution in [-0.2, 0) is 4.79 Å². The molecule has 1 aliphatic heterocycles. The second-order valence-electron chi connectivity index (χ2n) is 6.75. The monoisotopic (exact) mass is 419 g/mol.